The number of hydrogen-bond acceptors (Lipinski definition) is 4. The van der Waals surface area contributed by atoms with Gasteiger partial charge < -0.3 is 14.6 Å². The monoisotopic (exact) mass is 394 g/mol. The van der Waals surface area contributed by atoms with Gasteiger partial charge in [0.2, 0.25) is 0 Å². The van der Waals surface area contributed by atoms with Crippen LogP contribution < -0.4 is 0 Å². The van der Waals surface area contributed by atoms with Crippen LogP contribution in [0.25, 0.3) is 0 Å². The molecule has 5 nitrogen and oxygen atoms in total. The summed E-state index contributed by atoms with van der Waals surface area (Å²) in [5, 5.41) is 8.74. The van der Waals surface area contributed by atoms with Gasteiger partial charge in [-0.1, -0.05) is 20.8 Å². The quantitative estimate of drug-likeness (QED) is 0.662. The molecule has 3 aliphatic carbocycles. The number of carbonyl (C=O) groups is 2. The Hall–Kier alpha value is -1.10. The van der Waals surface area contributed by atoms with Crippen molar-refractivity contribution in [2.75, 3.05) is 13.7 Å². The second-order valence-corrected chi connectivity index (χ2v) is 10.2. The molecular weight excluding hydrogens is 356 g/mol. The molecule has 160 valence electrons. The van der Waals surface area contributed by atoms with Gasteiger partial charge in [0, 0.05) is 7.11 Å². The van der Waals surface area contributed by atoms with E-state index in [1.807, 2.05) is 7.11 Å². The van der Waals surface area contributed by atoms with Crippen LogP contribution in [0.15, 0.2) is 0 Å². The fourth-order valence-corrected chi connectivity index (χ4v) is 6.87. The van der Waals surface area contributed by atoms with E-state index in [1.165, 1.54) is 25.7 Å². The van der Waals surface area contributed by atoms with E-state index in [0.717, 1.165) is 37.7 Å². The normalized spacial score (nSPS) is 42.9. The SMILES string of the molecule is COC[C@@]1(C)CC[C@H]2[C@@H](CC[C@@H]3C[C@H](OC(=O)CCC(=O)O)CC[C@@]32C)[C@@H]1C. The zero-order valence-electron chi connectivity index (χ0n) is 18.0. The first-order valence-corrected chi connectivity index (χ1v) is 11.1. The minimum absolute atomic E-state index is 0.0198. The first-order chi connectivity index (χ1) is 13.2. The second-order valence-electron chi connectivity index (χ2n) is 10.2. The molecule has 0 amide bonds. The number of carbonyl (C=O) groups excluding carboxylic acids is 1. The third kappa shape index (κ3) is 4.10. The molecule has 0 aromatic rings. The van der Waals surface area contributed by atoms with Gasteiger partial charge in [-0.3, -0.25) is 9.59 Å². The Kier molecular flexibility index (Phi) is 6.43. The molecule has 3 saturated carbocycles. The highest BCUT2D eigenvalue weighted by Gasteiger charge is 2.56. The summed E-state index contributed by atoms with van der Waals surface area (Å²) in [7, 11) is 1.82. The first-order valence-electron chi connectivity index (χ1n) is 11.1. The number of rotatable bonds is 6. The highest BCUT2D eigenvalue weighted by Crippen LogP contribution is 2.63. The minimum Gasteiger partial charge on any atom is -0.481 e. The Labute approximate surface area is 169 Å². The lowest BCUT2D eigenvalue weighted by Gasteiger charge is -2.61. The van der Waals surface area contributed by atoms with Crippen molar-refractivity contribution < 1.29 is 24.2 Å². The molecule has 3 rings (SSSR count). The highest BCUT2D eigenvalue weighted by atomic mass is 16.5. The predicted molar refractivity (Wildman–Crippen MR) is 107 cm³/mol. The molecule has 3 aliphatic rings. The van der Waals surface area contributed by atoms with Crippen LogP contribution in [0.2, 0.25) is 0 Å². The van der Waals surface area contributed by atoms with Crippen molar-refractivity contribution in [3.8, 4) is 0 Å². The van der Waals surface area contributed by atoms with Crippen LogP contribution in [0.1, 0.15) is 78.6 Å². The Morgan fingerprint density at radius 3 is 2.50 bits per heavy atom. The van der Waals surface area contributed by atoms with E-state index < -0.39 is 5.97 Å². The number of fused-ring (bicyclic) bond motifs is 3. The van der Waals surface area contributed by atoms with Crippen LogP contribution in [-0.4, -0.2) is 36.9 Å². The van der Waals surface area contributed by atoms with Crippen molar-refractivity contribution >= 4 is 11.9 Å². The molecule has 0 aromatic carbocycles. The minimum atomic E-state index is -0.946. The molecule has 0 bridgehead atoms. The summed E-state index contributed by atoms with van der Waals surface area (Å²) < 4.78 is 11.2. The van der Waals surface area contributed by atoms with Crippen molar-refractivity contribution in [2.24, 2.45) is 34.5 Å². The fourth-order valence-electron chi connectivity index (χ4n) is 6.87. The predicted octanol–water partition coefficient (Wildman–Crippen LogP) is 4.68. The third-order valence-corrected chi connectivity index (χ3v) is 8.78. The summed E-state index contributed by atoms with van der Waals surface area (Å²) in [6.45, 7) is 8.18. The number of aliphatic carboxylic acids is 1. The largest absolute Gasteiger partial charge is 0.481 e. The molecular formula is C23H38O5. The molecule has 0 saturated heterocycles. The molecule has 0 spiro atoms. The van der Waals surface area contributed by atoms with E-state index >= 15 is 0 Å². The molecule has 5 heteroatoms. The fraction of sp³-hybridized carbons (Fsp3) is 0.913. The Bertz CT molecular complexity index is 590. The summed E-state index contributed by atoms with van der Waals surface area (Å²) in [6, 6.07) is 0. The number of ether oxygens (including phenoxy) is 2. The second kappa shape index (κ2) is 8.33. The molecule has 0 aromatic heterocycles. The average molecular weight is 395 g/mol. The molecule has 0 unspecified atom stereocenters. The van der Waals surface area contributed by atoms with E-state index in [-0.39, 0.29) is 30.3 Å². The average Bonchev–Trinajstić information content (AvgIpc) is 2.63. The van der Waals surface area contributed by atoms with Crippen LogP contribution in [0.4, 0.5) is 0 Å². The lowest BCUT2D eigenvalue weighted by Crippen LogP contribution is -2.54. The topological polar surface area (TPSA) is 72.8 Å². The summed E-state index contributed by atoms with van der Waals surface area (Å²) >= 11 is 0. The van der Waals surface area contributed by atoms with Crippen molar-refractivity contribution in [1.82, 2.24) is 0 Å². The molecule has 0 radical (unpaired) electrons. The number of carboxylic acids is 1. The Morgan fingerprint density at radius 1 is 1.07 bits per heavy atom. The van der Waals surface area contributed by atoms with Crippen LogP contribution in [0.5, 0.6) is 0 Å². The molecule has 7 atom stereocenters. The number of esters is 1. The Balaban J connectivity index is 1.62. The van der Waals surface area contributed by atoms with Crippen molar-refractivity contribution in [3.05, 3.63) is 0 Å². The van der Waals surface area contributed by atoms with Crippen LogP contribution in [0.3, 0.4) is 0 Å². The van der Waals surface area contributed by atoms with E-state index in [2.05, 4.69) is 20.8 Å². The summed E-state index contributed by atoms with van der Waals surface area (Å²) in [4.78, 5) is 22.6. The smallest absolute Gasteiger partial charge is 0.306 e. The number of hydrogen-bond donors (Lipinski definition) is 1. The van der Waals surface area contributed by atoms with Crippen molar-refractivity contribution in [2.45, 2.75) is 84.7 Å². The molecule has 0 heterocycles. The zero-order chi connectivity index (χ0) is 20.5. The standard InChI is InChI=1S/C23H38O5/c1-15-18-6-5-16-13-17(28-21(26)8-7-20(24)25)9-12-23(16,3)19(18)10-11-22(15,2)14-27-4/h15-19H,5-14H2,1-4H3,(H,24,25)/t15-,16+,17+,18-,19-,22+,23-/m0/s1. The summed E-state index contributed by atoms with van der Waals surface area (Å²) in [5.41, 5.74) is 0.630. The van der Waals surface area contributed by atoms with Gasteiger partial charge in [0.1, 0.15) is 6.10 Å². The maximum atomic E-state index is 12.0. The molecule has 28 heavy (non-hydrogen) atoms. The zero-order valence-corrected chi connectivity index (χ0v) is 18.0. The lowest BCUT2D eigenvalue weighted by molar-refractivity contribution is -0.164. The van der Waals surface area contributed by atoms with Gasteiger partial charge in [-0.25, -0.2) is 0 Å². The van der Waals surface area contributed by atoms with Gasteiger partial charge in [0.15, 0.2) is 0 Å². The van der Waals surface area contributed by atoms with Gasteiger partial charge in [0.05, 0.1) is 19.4 Å². The van der Waals surface area contributed by atoms with Gasteiger partial charge in [-0.2, -0.15) is 0 Å². The van der Waals surface area contributed by atoms with Gasteiger partial charge in [-0.05, 0) is 79.4 Å². The third-order valence-electron chi connectivity index (χ3n) is 8.78. The number of carboxylic acid groups (broad SMARTS) is 1. The Morgan fingerprint density at radius 2 is 1.82 bits per heavy atom. The van der Waals surface area contributed by atoms with Crippen molar-refractivity contribution in [3.63, 3.8) is 0 Å². The van der Waals surface area contributed by atoms with E-state index in [1.54, 1.807) is 0 Å². The van der Waals surface area contributed by atoms with Crippen LogP contribution >= 0.6 is 0 Å². The van der Waals surface area contributed by atoms with Crippen molar-refractivity contribution in [1.29, 1.82) is 0 Å². The molecule has 3 fully saturated rings. The number of methoxy groups -OCH3 is 1. The van der Waals surface area contributed by atoms with E-state index in [9.17, 15) is 9.59 Å². The van der Waals surface area contributed by atoms with Gasteiger partial charge in [-0.15, -0.1) is 0 Å². The maximum absolute atomic E-state index is 12.0. The van der Waals surface area contributed by atoms with Crippen LogP contribution in [-0.2, 0) is 19.1 Å². The first kappa shape index (κ1) is 21.6. The summed E-state index contributed by atoms with van der Waals surface area (Å²) in [5.74, 6) is 1.51. The highest BCUT2D eigenvalue weighted by molar-refractivity contribution is 5.76. The van der Waals surface area contributed by atoms with E-state index in [0.29, 0.717) is 17.3 Å². The molecule has 0 aliphatic heterocycles. The van der Waals surface area contributed by atoms with Gasteiger partial charge >= 0.3 is 11.9 Å². The summed E-state index contributed by atoms with van der Waals surface area (Å²) in [6.07, 6.45) is 7.78. The van der Waals surface area contributed by atoms with Crippen LogP contribution in [0, 0.1) is 34.5 Å². The lowest BCUT2D eigenvalue weighted by atomic mass is 9.45. The maximum Gasteiger partial charge on any atom is 0.306 e. The molecule has 1 N–H and O–H groups in total. The van der Waals surface area contributed by atoms with Gasteiger partial charge in [0.25, 0.3) is 0 Å². The van der Waals surface area contributed by atoms with E-state index in [4.69, 9.17) is 14.6 Å².